The van der Waals surface area contributed by atoms with Crippen LogP contribution in [-0.2, 0) is 21.4 Å². The molecule has 0 spiro atoms. The molecular formula is C20H26N2O5S. The summed E-state index contributed by atoms with van der Waals surface area (Å²) in [6, 6.07) is 9.19. The van der Waals surface area contributed by atoms with E-state index in [-0.39, 0.29) is 36.2 Å². The second-order valence-corrected chi connectivity index (χ2v) is 8.90. The summed E-state index contributed by atoms with van der Waals surface area (Å²) >= 11 is 0. The average Bonchev–Trinajstić information content (AvgIpc) is 3.16. The van der Waals surface area contributed by atoms with Gasteiger partial charge in [0.05, 0.1) is 24.2 Å². The quantitative estimate of drug-likeness (QED) is 0.612. The van der Waals surface area contributed by atoms with E-state index in [1.165, 1.54) is 41.8 Å². The Hall–Kier alpha value is -2.45. The number of nitrogens with zero attached hydrogens (tertiary/aromatic N) is 1. The summed E-state index contributed by atoms with van der Waals surface area (Å²) in [6.45, 7) is 5.53. The molecule has 2 aromatic rings. The lowest BCUT2D eigenvalue weighted by atomic mass is 10.1. The van der Waals surface area contributed by atoms with Crippen LogP contribution in [0.2, 0.25) is 0 Å². The summed E-state index contributed by atoms with van der Waals surface area (Å²) in [6.07, 6.45) is 2.13. The first-order valence-corrected chi connectivity index (χ1v) is 10.5. The first-order valence-electron chi connectivity index (χ1n) is 9.10. The second kappa shape index (κ2) is 9.66. The molecule has 0 aliphatic carbocycles. The van der Waals surface area contributed by atoms with Gasteiger partial charge in [-0.3, -0.25) is 9.59 Å². The number of hydrogen-bond acceptors (Lipinski definition) is 5. The van der Waals surface area contributed by atoms with Crippen molar-refractivity contribution in [2.75, 3.05) is 13.1 Å². The van der Waals surface area contributed by atoms with Crippen LogP contribution in [0, 0.1) is 5.92 Å². The summed E-state index contributed by atoms with van der Waals surface area (Å²) in [5, 5.41) is 2.67. The molecule has 28 heavy (non-hydrogen) atoms. The molecule has 0 saturated heterocycles. The Morgan fingerprint density at radius 3 is 2.36 bits per heavy atom. The number of carbonyl (C=O) groups is 2. The van der Waals surface area contributed by atoms with Crippen LogP contribution in [-0.4, -0.2) is 37.5 Å². The fourth-order valence-corrected chi connectivity index (χ4v) is 3.92. The minimum absolute atomic E-state index is 0.0556. The zero-order chi connectivity index (χ0) is 20.7. The molecule has 0 unspecified atom stereocenters. The Kier molecular flexibility index (Phi) is 7.53. The number of hydrogen-bond donors (Lipinski definition) is 1. The van der Waals surface area contributed by atoms with Gasteiger partial charge < -0.3 is 9.73 Å². The zero-order valence-corrected chi connectivity index (χ0v) is 17.2. The van der Waals surface area contributed by atoms with Gasteiger partial charge in [-0.15, -0.1) is 0 Å². The molecule has 0 saturated carbocycles. The van der Waals surface area contributed by atoms with Gasteiger partial charge in [-0.2, -0.15) is 4.31 Å². The Labute approximate surface area is 165 Å². The van der Waals surface area contributed by atoms with Gasteiger partial charge in [0, 0.05) is 12.1 Å². The molecule has 0 bridgehead atoms. The minimum atomic E-state index is -3.87. The molecule has 8 heteroatoms. The average molecular weight is 407 g/mol. The minimum Gasteiger partial charge on any atom is -0.467 e. The van der Waals surface area contributed by atoms with Crippen LogP contribution in [0.1, 0.15) is 43.3 Å². The highest BCUT2D eigenvalue weighted by atomic mass is 32.2. The van der Waals surface area contributed by atoms with Gasteiger partial charge in [0.25, 0.3) is 0 Å². The van der Waals surface area contributed by atoms with Crippen LogP contribution in [0.15, 0.2) is 52.0 Å². The number of sulfonamides is 1. The molecule has 1 N–H and O–H groups in total. The third kappa shape index (κ3) is 6.03. The Bertz CT molecular complexity index is 887. The maximum atomic E-state index is 13.0. The SMILES string of the molecule is CC(=O)c1ccc(S(=O)(=O)N(CCC(C)C)CC(=O)NCc2ccco2)cc1. The predicted molar refractivity (Wildman–Crippen MR) is 105 cm³/mol. The van der Waals surface area contributed by atoms with E-state index < -0.39 is 15.9 Å². The number of rotatable bonds is 10. The Morgan fingerprint density at radius 1 is 1.14 bits per heavy atom. The van der Waals surface area contributed by atoms with Crippen molar-refractivity contribution in [3.63, 3.8) is 0 Å². The Morgan fingerprint density at radius 2 is 1.82 bits per heavy atom. The number of ketones is 1. The van der Waals surface area contributed by atoms with Crippen molar-refractivity contribution in [3.05, 3.63) is 54.0 Å². The highest BCUT2D eigenvalue weighted by Gasteiger charge is 2.26. The number of amides is 1. The molecule has 1 aromatic carbocycles. The molecule has 0 aliphatic heterocycles. The van der Waals surface area contributed by atoms with Crippen LogP contribution < -0.4 is 5.32 Å². The van der Waals surface area contributed by atoms with Gasteiger partial charge in [0.1, 0.15) is 5.76 Å². The molecule has 0 aliphatic rings. The van der Waals surface area contributed by atoms with Crippen molar-refractivity contribution in [2.24, 2.45) is 5.92 Å². The van der Waals surface area contributed by atoms with E-state index in [0.29, 0.717) is 17.7 Å². The van der Waals surface area contributed by atoms with E-state index in [2.05, 4.69) is 5.32 Å². The standard InChI is InChI=1S/C20H26N2O5S/c1-15(2)10-11-22(14-20(24)21-13-18-5-4-12-27-18)28(25,26)19-8-6-17(7-9-19)16(3)23/h4-9,12,15H,10-11,13-14H2,1-3H3,(H,21,24). The fourth-order valence-electron chi connectivity index (χ4n) is 2.51. The van der Waals surface area contributed by atoms with E-state index in [9.17, 15) is 18.0 Å². The number of benzene rings is 1. The van der Waals surface area contributed by atoms with Crippen LogP contribution >= 0.6 is 0 Å². The normalized spacial score (nSPS) is 11.8. The predicted octanol–water partition coefficient (Wildman–Crippen LogP) is 2.84. The third-order valence-electron chi connectivity index (χ3n) is 4.21. The highest BCUT2D eigenvalue weighted by Crippen LogP contribution is 2.18. The number of nitrogens with one attached hydrogen (secondary N) is 1. The van der Waals surface area contributed by atoms with Crippen molar-refractivity contribution in [3.8, 4) is 0 Å². The molecular weight excluding hydrogens is 380 g/mol. The molecule has 2 rings (SSSR count). The second-order valence-electron chi connectivity index (χ2n) is 6.96. The molecule has 0 radical (unpaired) electrons. The number of furan rings is 1. The first kappa shape index (κ1) is 21.8. The maximum Gasteiger partial charge on any atom is 0.243 e. The lowest BCUT2D eigenvalue weighted by Crippen LogP contribution is -2.41. The first-order chi connectivity index (χ1) is 13.2. The zero-order valence-electron chi connectivity index (χ0n) is 16.3. The summed E-state index contributed by atoms with van der Waals surface area (Å²) in [4.78, 5) is 23.8. The summed E-state index contributed by atoms with van der Waals surface area (Å²) in [5.41, 5.74) is 0.434. The fraction of sp³-hybridized carbons (Fsp3) is 0.400. The van der Waals surface area contributed by atoms with Crippen molar-refractivity contribution in [2.45, 2.75) is 38.6 Å². The third-order valence-corrected chi connectivity index (χ3v) is 6.07. The van der Waals surface area contributed by atoms with E-state index in [1.54, 1.807) is 12.1 Å². The smallest absolute Gasteiger partial charge is 0.243 e. The summed E-state index contributed by atoms with van der Waals surface area (Å²) in [5.74, 6) is 0.315. The summed E-state index contributed by atoms with van der Waals surface area (Å²) < 4.78 is 32.4. The molecule has 1 amide bonds. The van der Waals surface area contributed by atoms with Crippen molar-refractivity contribution >= 4 is 21.7 Å². The number of carbonyl (C=O) groups excluding carboxylic acids is 2. The lowest BCUT2D eigenvalue weighted by molar-refractivity contribution is -0.121. The van der Waals surface area contributed by atoms with Gasteiger partial charge in [-0.1, -0.05) is 26.0 Å². The van der Waals surface area contributed by atoms with Gasteiger partial charge >= 0.3 is 0 Å². The van der Waals surface area contributed by atoms with E-state index in [4.69, 9.17) is 4.42 Å². The Balaban J connectivity index is 2.15. The summed E-state index contributed by atoms with van der Waals surface area (Å²) in [7, 11) is -3.87. The lowest BCUT2D eigenvalue weighted by Gasteiger charge is -2.22. The van der Waals surface area contributed by atoms with Crippen LogP contribution in [0.5, 0.6) is 0 Å². The van der Waals surface area contributed by atoms with E-state index in [1.807, 2.05) is 13.8 Å². The van der Waals surface area contributed by atoms with E-state index >= 15 is 0 Å². The van der Waals surface area contributed by atoms with Gasteiger partial charge in [-0.05, 0) is 43.5 Å². The molecule has 0 fully saturated rings. The monoisotopic (exact) mass is 406 g/mol. The highest BCUT2D eigenvalue weighted by molar-refractivity contribution is 7.89. The molecule has 0 atom stereocenters. The molecule has 152 valence electrons. The van der Waals surface area contributed by atoms with Crippen molar-refractivity contribution in [1.29, 1.82) is 0 Å². The molecule has 7 nitrogen and oxygen atoms in total. The maximum absolute atomic E-state index is 13.0. The van der Waals surface area contributed by atoms with E-state index in [0.717, 1.165) is 0 Å². The van der Waals surface area contributed by atoms with Crippen molar-refractivity contribution < 1.29 is 22.4 Å². The number of Topliss-reactive ketones (excluding diaryl/α,β-unsaturated/α-hetero) is 1. The molecule has 1 aromatic heterocycles. The molecule has 1 heterocycles. The van der Waals surface area contributed by atoms with Crippen molar-refractivity contribution in [1.82, 2.24) is 9.62 Å². The van der Waals surface area contributed by atoms with Crippen LogP contribution in [0.4, 0.5) is 0 Å². The largest absolute Gasteiger partial charge is 0.467 e. The van der Waals surface area contributed by atoms with Crippen LogP contribution in [0.3, 0.4) is 0 Å². The van der Waals surface area contributed by atoms with Gasteiger partial charge in [0.2, 0.25) is 15.9 Å². The van der Waals surface area contributed by atoms with Gasteiger partial charge in [-0.25, -0.2) is 8.42 Å². The van der Waals surface area contributed by atoms with Crippen LogP contribution in [0.25, 0.3) is 0 Å². The topological polar surface area (TPSA) is 96.7 Å². The van der Waals surface area contributed by atoms with Gasteiger partial charge in [0.15, 0.2) is 5.78 Å².